The Hall–Kier alpha value is -3.77. The van der Waals surface area contributed by atoms with Crippen molar-refractivity contribution in [1.29, 1.82) is 0 Å². The number of benzene rings is 3. The summed E-state index contributed by atoms with van der Waals surface area (Å²) in [7, 11) is 3.00. The molecule has 4 rings (SSSR count). The fraction of sp³-hybridized carbons (Fsp3) is 0.154. The molecular formula is C26H22ClNO5. The molecule has 1 unspecified atom stereocenters. The van der Waals surface area contributed by atoms with Crippen molar-refractivity contribution in [2.24, 2.45) is 0 Å². The maximum Gasteiger partial charge on any atom is 0.300 e. The molecule has 0 saturated carbocycles. The van der Waals surface area contributed by atoms with Crippen LogP contribution in [0.15, 0.2) is 72.3 Å². The van der Waals surface area contributed by atoms with Crippen molar-refractivity contribution >= 4 is 34.7 Å². The Kier molecular flexibility index (Phi) is 6.11. The number of aliphatic hydroxyl groups excluding tert-OH is 1. The minimum absolute atomic E-state index is 0.0270. The minimum atomic E-state index is -0.858. The highest BCUT2D eigenvalue weighted by atomic mass is 35.5. The van der Waals surface area contributed by atoms with E-state index in [0.29, 0.717) is 33.3 Å². The van der Waals surface area contributed by atoms with Crippen LogP contribution in [0.1, 0.15) is 22.7 Å². The molecule has 0 bridgehead atoms. The molecule has 0 spiro atoms. The summed E-state index contributed by atoms with van der Waals surface area (Å²) in [5.41, 5.74) is 2.31. The molecule has 168 valence electrons. The number of para-hydroxylation sites is 1. The van der Waals surface area contributed by atoms with Crippen molar-refractivity contribution in [3.05, 3.63) is 94.0 Å². The van der Waals surface area contributed by atoms with Gasteiger partial charge in [0.15, 0.2) is 0 Å². The van der Waals surface area contributed by atoms with Gasteiger partial charge >= 0.3 is 0 Å². The van der Waals surface area contributed by atoms with Gasteiger partial charge in [-0.05, 0) is 54.4 Å². The average Bonchev–Trinajstić information content (AvgIpc) is 3.09. The van der Waals surface area contributed by atoms with E-state index >= 15 is 0 Å². The van der Waals surface area contributed by atoms with Crippen LogP contribution >= 0.6 is 11.6 Å². The molecule has 3 aromatic carbocycles. The number of methoxy groups -OCH3 is 2. The lowest BCUT2D eigenvalue weighted by Crippen LogP contribution is -2.30. The first-order valence-corrected chi connectivity index (χ1v) is 10.6. The number of amides is 1. The summed E-state index contributed by atoms with van der Waals surface area (Å²) in [4.78, 5) is 28.0. The molecule has 3 aromatic rings. The number of aryl methyl sites for hydroxylation is 1. The molecule has 33 heavy (non-hydrogen) atoms. The van der Waals surface area contributed by atoms with Gasteiger partial charge in [-0.15, -0.1) is 0 Å². The lowest BCUT2D eigenvalue weighted by Gasteiger charge is -2.27. The van der Waals surface area contributed by atoms with E-state index < -0.39 is 17.7 Å². The van der Waals surface area contributed by atoms with Gasteiger partial charge in [0.1, 0.15) is 17.3 Å². The second kappa shape index (κ2) is 9.00. The Morgan fingerprint density at radius 2 is 1.73 bits per heavy atom. The number of ether oxygens (including phenoxy) is 2. The summed E-state index contributed by atoms with van der Waals surface area (Å²) in [5.74, 6) is -0.910. The maximum atomic E-state index is 13.3. The van der Waals surface area contributed by atoms with E-state index in [1.807, 2.05) is 19.1 Å². The van der Waals surface area contributed by atoms with E-state index in [-0.39, 0.29) is 11.3 Å². The van der Waals surface area contributed by atoms with Crippen molar-refractivity contribution in [3.63, 3.8) is 0 Å². The van der Waals surface area contributed by atoms with Crippen LogP contribution in [0, 0.1) is 6.92 Å². The van der Waals surface area contributed by atoms with Gasteiger partial charge in [0, 0.05) is 11.3 Å². The highest BCUT2D eigenvalue weighted by Crippen LogP contribution is 2.44. The first kappa shape index (κ1) is 22.4. The molecule has 0 aromatic heterocycles. The number of rotatable bonds is 5. The highest BCUT2D eigenvalue weighted by Gasteiger charge is 2.47. The average molecular weight is 464 g/mol. The minimum Gasteiger partial charge on any atom is -0.507 e. The summed E-state index contributed by atoms with van der Waals surface area (Å²) in [6.45, 7) is 1.86. The smallest absolute Gasteiger partial charge is 0.300 e. The number of anilines is 1. The zero-order valence-electron chi connectivity index (χ0n) is 18.3. The number of carbonyl (C=O) groups excluding carboxylic acids is 2. The van der Waals surface area contributed by atoms with Crippen LogP contribution in [0.5, 0.6) is 11.5 Å². The first-order chi connectivity index (χ1) is 15.9. The molecule has 1 atom stereocenters. The zero-order valence-corrected chi connectivity index (χ0v) is 19.1. The van der Waals surface area contributed by atoms with E-state index in [4.69, 9.17) is 21.1 Å². The van der Waals surface area contributed by atoms with E-state index in [9.17, 15) is 14.7 Å². The summed E-state index contributed by atoms with van der Waals surface area (Å²) in [5, 5.41) is 11.6. The summed E-state index contributed by atoms with van der Waals surface area (Å²) in [6.07, 6.45) is 0. The number of carbonyl (C=O) groups is 2. The largest absolute Gasteiger partial charge is 0.507 e. The third-order valence-electron chi connectivity index (χ3n) is 5.65. The highest BCUT2D eigenvalue weighted by molar-refractivity contribution is 6.51. The Bertz CT molecular complexity index is 1280. The number of ketones is 1. The number of hydrogen-bond acceptors (Lipinski definition) is 5. The van der Waals surface area contributed by atoms with Crippen molar-refractivity contribution in [2.45, 2.75) is 13.0 Å². The lowest BCUT2D eigenvalue weighted by atomic mass is 9.94. The van der Waals surface area contributed by atoms with Gasteiger partial charge in [-0.2, -0.15) is 0 Å². The van der Waals surface area contributed by atoms with E-state index in [0.717, 1.165) is 5.56 Å². The SMILES string of the molecule is COc1cccc(C2/C(=C(/O)c3ccc(Cl)c(OC)c3)C(=O)C(=O)N2c2ccccc2C)c1. The lowest BCUT2D eigenvalue weighted by molar-refractivity contribution is -0.132. The normalized spacial score (nSPS) is 17.3. The van der Waals surface area contributed by atoms with Crippen molar-refractivity contribution in [2.75, 3.05) is 19.1 Å². The molecule has 0 radical (unpaired) electrons. The standard InChI is InChI=1S/C26H22ClNO5/c1-15-7-4-5-10-20(15)28-23(16-8-6-9-18(13-16)32-2)22(25(30)26(28)31)24(29)17-11-12-19(27)21(14-17)33-3/h4-14,23,29H,1-3H3/b24-22-. The molecule has 0 aliphatic carbocycles. The van der Waals surface area contributed by atoms with Gasteiger partial charge in [-0.1, -0.05) is 41.9 Å². The van der Waals surface area contributed by atoms with Crippen molar-refractivity contribution < 1.29 is 24.2 Å². The molecule has 6 nitrogen and oxygen atoms in total. The van der Waals surface area contributed by atoms with Crippen LogP contribution in [-0.4, -0.2) is 31.0 Å². The molecule has 1 aliphatic heterocycles. The molecule has 1 saturated heterocycles. The number of aliphatic hydroxyl groups is 1. The van der Waals surface area contributed by atoms with Gasteiger partial charge in [0.05, 0.1) is 30.9 Å². The van der Waals surface area contributed by atoms with Gasteiger partial charge in [0.25, 0.3) is 11.7 Å². The Labute approximate surface area is 196 Å². The molecule has 1 N–H and O–H groups in total. The van der Waals surface area contributed by atoms with E-state index in [1.165, 1.54) is 25.2 Å². The van der Waals surface area contributed by atoms with Crippen molar-refractivity contribution in [3.8, 4) is 11.5 Å². The predicted octanol–water partition coefficient (Wildman–Crippen LogP) is 5.29. The first-order valence-electron chi connectivity index (χ1n) is 10.2. The van der Waals surface area contributed by atoms with Crippen LogP contribution in [0.4, 0.5) is 5.69 Å². The number of nitrogens with zero attached hydrogens (tertiary/aromatic N) is 1. The molecule has 1 fully saturated rings. The van der Waals surface area contributed by atoms with Crippen LogP contribution in [0.3, 0.4) is 0 Å². The van der Waals surface area contributed by atoms with Crippen LogP contribution in [-0.2, 0) is 9.59 Å². The van der Waals surface area contributed by atoms with Crippen LogP contribution in [0.2, 0.25) is 5.02 Å². The number of halogens is 1. The number of hydrogen-bond donors (Lipinski definition) is 1. The molecule has 1 heterocycles. The van der Waals surface area contributed by atoms with Gasteiger partial charge in [0.2, 0.25) is 0 Å². The second-order valence-corrected chi connectivity index (χ2v) is 7.99. The number of Topliss-reactive ketones (excluding diaryl/α,β-unsaturated/α-hetero) is 1. The fourth-order valence-corrected chi connectivity index (χ4v) is 4.20. The Morgan fingerprint density at radius 1 is 0.970 bits per heavy atom. The Morgan fingerprint density at radius 3 is 2.42 bits per heavy atom. The van der Waals surface area contributed by atoms with Gasteiger partial charge in [-0.25, -0.2) is 0 Å². The van der Waals surface area contributed by atoms with Crippen LogP contribution in [0.25, 0.3) is 5.76 Å². The van der Waals surface area contributed by atoms with E-state index in [1.54, 1.807) is 48.5 Å². The summed E-state index contributed by atoms with van der Waals surface area (Å²) in [6, 6.07) is 18.2. The second-order valence-electron chi connectivity index (χ2n) is 7.58. The van der Waals surface area contributed by atoms with Gasteiger partial charge in [-0.3, -0.25) is 14.5 Å². The third-order valence-corrected chi connectivity index (χ3v) is 5.97. The third kappa shape index (κ3) is 3.94. The molecular weight excluding hydrogens is 442 g/mol. The Balaban J connectivity index is 1.98. The summed E-state index contributed by atoms with van der Waals surface area (Å²) < 4.78 is 10.6. The fourth-order valence-electron chi connectivity index (χ4n) is 4.00. The van der Waals surface area contributed by atoms with E-state index in [2.05, 4.69) is 0 Å². The van der Waals surface area contributed by atoms with Crippen molar-refractivity contribution in [1.82, 2.24) is 0 Å². The predicted molar refractivity (Wildman–Crippen MR) is 127 cm³/mol. The molecule has 1 amide bonds. The molecule has 7 heteroatoms. The monoisotopic (exact) mass is 463 g/mol. The van der Waals surface area contributed by atoms with Crippen LogP contribution < -0.4 is 14.4 Å². The molecule has 1 aliphatic rings. The topological polar surface area (TPSA) is 76.1 Å². The zero-order chi connectivity index (χ0) is 23.7. The quantitative estimate of drug-likeness (QED) is 0.316. The summed E-state index contributed by atoms with van der Waals surface area (Å²) >= 11 is 6.13. The maximum absolute atomic E-state index is 13.3. The van der Waals surface area contributed by atoms with Gasteiger partial charge < -0.3 is 14.6 Å².